The summed E-state index contributed by atoms with van der Waals surface area (Å²) in [6.45, 7) is 0. The first-order valence-corrected chi connectivity index (χ1v) is 10.4. The zero-order valence-corrected chi connectivity index (χ0v) is 10.1. The van der Waals surface area contributed by atoms with Crippen LogP contribution in [-0.4, -0.2) is 17.3 Å². The van der Waals surface area contributed by atoms with E-state index in [0.717, 1.165) is 0 Å². The number of hydrogen-bond donors (Lipinski definition) is 4. The predicted octanol–water partition coefficient (Wildman–Crippen LogP) is -1.73. The first-order valence-electron chi connectivity index (χ1n) is 1.46. The van der Waals surface area contributed by atoms with Crippen LogP contribution in [0, 0.1) is 0 Å². The van der Waals surface area contributed by atoms with Gasteiger partial charge < -0.3 is 0 Å². The van der Waals surface area contributed by atoms with Crippen molar-refractivity contribution in [2.45, 2.75) is 0 Å². The second-order valence-electron chi connectivity index (χ2n) is 0.938. The molecule has 0 aromatic carbocycles. The van der Waals surface area contributed by atoms with Crippen molar-refractivity contribution in [3.63, 3.8) is 0 Å². The van der Waals surface area contributed by atoms with Gasteiger partial charge in [-0.25, -0.2) is 0 Å². The van der Waals surface area contributed by atoms with E-state index in [2.05, 4.69) is 0 Å². The fourth-order valence-electron chi connectivity index (χ4n) is 0. The van der Waals surface area contributed by atoms with E-state index in [4.69, 9.17) is 24.1 Å². The van der Waals surface area contributed by atoms with Crippen molar-refractivity contribution in [3.05, 3.63) is 0 Å². The zero-order chi connectivity index (χ0) is 9.00. The summed E-state index contributed by atoms with van der Waals surface area (Å²) < 4.78 is 41.4. The molecule has 0 fully saturated rings. The van der Waals surface area contributed by atoms with Crippen LogP contribution < -0.4 is 0 Å². The molecule has 0 aliphatic carbocycles. The first-order chi connectivity index (χ1) is 4.00. The summed E-state index contributed by atoms with van der Waals surface area (Å²) >= 11 is -5.19. The van der Waals surface area contributed by atoms with Crippen LogP contribution in [0.4, 0.5) is 0 Å². The van der Waals surface area contributed by atoms with Crippen LogP contribution in [0.2, 0.25) is 0 Å². The SMILES string of the molecule is O=[P](O)(O)[W].[O]=[Mo](=[O])([OH])[OH]. The van der Waals surface area contributed by atoms with Crippen molar-refractivity contribution in [2.24, 2.45) is 0 Å². The van der Waals surface area contributed by atoms with E-state index in [-0.39, 0.29) is 0 Å². The van der Waals surface area contributed by atoms with Crippen molar-refractivity contribution in [2.75, 3.05) is 0 Å². The molecule has 0 unspecified atom stereocenters. The van der Waals surface area contributed by atoms with Gasteiger partial charge in [-0.15, -0.1) is 0 Å². The number of hydrogen-bond acceptors (Lipinski definition) is 3. The van der Waals surface area contributed by atoms with Crippen LogP contribution in [0.1, 0.15) is 0 Å². The molecule has 0 atom stereocenters. The molecule has 0 saturated heterocycles. The van der Waals surface area contributed by atoms with Crippen molar-refractivity contribution in [1.82, 2.24) is 0 Å². The molecule has 0 heterocycles. The third-order valence-electron chi connectivity index (χ3n) is 0. The molecule has 63 valence electrons. The Hall–Kier alpha value is 1.05. The van der Waals surface area contributed by atoms with Crippen LogP contribution >= 0.6 is 5.69 Å². The van der Waals surface area contributed by atoms with E-state index < -0.39 is 22.4 Å². The van der Waals surface area contributed by atoms with Gasteiger partial charge in [-0.2, -0.15) is 0 Å². The molecule has 0 amide bonds. The summed E-state index contributed by atoms with van der Waals surface area (Å²) in [6.07, 6.45) is 0. The summed E-state index contributed by atoms with van der Waals surface area (Å²) in [5, 5.41) is 0. The molecule has 10 heavy (non-hydrogen) atoms. The average Bonchev–Trinajstić information content (AvgIpc) is 1.12. The zero-order valence-electron chi connectivity index (χ0n) is 4.28. The summed E-state index contributed by atoms with van der Waals surface area (Å²) in [5.74, 6) is 0. The Labute approximate surface area is 70.3 Å². The van der Waals surface area contributed by atoms with E-state index in [0.29, 0.717) is 19.3 Å². The van der Waals surface area contributed by atoms with Crippen LogP contribution in [0.5, 0.6) is 0 Å². The summed E-state index contributed by atoms with van der Waals surface area (Å²) in [7, 11) is 0. The van der Waals surface area contributed by atoms with Crippen LogP contribution in [0.25, 0.3) is 0 Å². The van der Waals surface area contributed by atoms with Gasteiger partial charge in [0, 0.05) is 0 Å². The normalized spacial score (nSPS) is 11.6. The standard InChI is InChI=1S/Mo.HO3P.2H2O.2O.W/c;1-4(2)3;;;;;/h;(H-,1,2,3);2*1H2;;;/q+2;;;;;;-1/p-1. The molecule has 10 heteroatoms. The van der Waals surface area contributed by atoms with E-state index >= 15 is 0 Å². The molecule has 7 nitrogen and oxygen atoms in total. The Morgan fingerprint density at radius 3 is 1.20 bits per heavy atom. The molecule has 0 bridgehead atoms. The quantitative estimate of drug-likeness (QED) is 0.267. The summed E-state index contributed by atoms with van der Waals surface area (Å²) in [6, 6.07) is 0. The Bertz CT molecular complexity index is 191. The van der Waals surface area contributed by atoms with Crippen molar-refractivity contribution in [1.29, 1.82) is 0 Å². The third-order valence-corrected chi connectivity index (χ3v) is 0. The number of rotatable bonds is 0. The van der Waals surface area contributed by atoms with Gasteiger partial charge in [0.25, 0.3) is 0 Å². The molecule has 0 aromatic heterocycles. The Balaban J connectivity index is 0. The maximum atomic E-state index is 9.36. The fraction of sp³-hybridized carbons (Fsp3) is 0. The predicted molar refractivity (Wildman–Crippen MR) is 17.9 cm³/mol. The fourth-order valence-corrected chi connectivity index (χ4v) is 0. The van der Waals surface area contributed by atoms with Gasteiger partial charge in [0.1, 0.15) is 0 Å². The molecular weight excluding hydrogens is 423 g/mol. The summed E-state index contributed by atoms with van der Waals surface area (Å²) in [5.41, 5.74) is -3.56. The minimum atomic E-state index is -5.52. The molecule has 0 aromatic rings. The molecule has 0 radical (unpaired) electrons. The maximum absolute atomic E-state index is 9.36. The van der Waals surface area contributed by atoms with Gasteiger partial charge in [-0.05, 0) is 0 Å². The topological polar surface area (TPSA) is 132 Å². The van der Waals surface area contributed by atoms with Crippen molar-refractivity contribution in [3.8, 4) is 0 Å². The average molecular weight is 427 g/mol. The Morgan fingerprint density at radius 2 is 1.20 bits per heavy atom. The molecular formula is H4MoO7PW. The second kappa shape index (κ2) is 4.83. The van der Waals surface area contributed by atoms with Crippen LogP contribution in [-0.2, 0) is 47.4 Å². The van der Waals surface area contributed by atoms with Crippen LogP contribution in [0.3, 0.4) is 0 Å². The molecule has 0 aliphatic heterocycles. The minimum absolute atomic E-state index is 0.326. The molecule has 0 saturated carbocycles. The Morgan fingerprint density at radius 1 is 1.20 bits per heavy atom. The van der Waals surface area contributed by atoms with Gasteiger partial charge in [0.05, 0.1) is 0 Å². The van der Waals surface area contributed by atoms with Gasteiger partial charge in [0.15, 0.2) is 0 Å². The van der Waals surface area contributed by atoms with Crippen molar-refractivity contribution < 1.29 is 64.7 Å². The monoisotopic (exact) mass is 429 g/mol. The summed E-state index contributed by atoms with van der Waals surface area (Å²) in [4.78, 5) is 15.3. The third kappa shape index (κ3) is 535. The first kappa shape index (κ1) is 13.6. The molecule has 0 aliphatic rings. The van der Waals surface area contributed by atoms with E-state index in [1.54, 1.807) is 0 Å². The van der Waals surface area contributed by atoms with Gasteiger partial charge >= 0.3 is 70.4 Å². The Kier molecular flexibility index (Phi) is 6.58. The van der Waals surface area contributed by atoms with E-state index in [1.807, 2.05) is 0 Å². The molecule has 0 rings (SSSR count). The molecule has 4 N–H and O–H groups in total. The van der Waals surface area contributed by atoms with Gasteiger partial charge in [-0.1, -0.05) is 0 Å². The molecule has 0 spiro atoms. The van der Waals surface area contributed by atoms with Gasteiger partial charge in [-0.3, -0.25) is 0 Å². The van der Waals surface area contributed by atoms with Crippen molar-refractivity contribution >= 4 is 5.69 Å². The second-order valence-corrected chi connectivity index (χ2v) is 9.25. The van der Waals surface area contributed by atoms with Crippen LogP contribution in [0.15, 0.2) is 0 Å². The van der Waals surface area contributed by atoms with E-state index in [1.165, 1.54) is 0 Å². The van der Waals surface area contributed by atoms with E-state index in [9.17, 15) is 4.57 Å². The van der Waals surface area contributed by atoms with Gasteiger partial charge in [0.2, 0.25) is 0 Å².